The van der Waals surface area contributed by atoms with Crippen LogP contribution in [0.1, 0.15) is 23.2 Å². The number of piperidine rings is 1. The maximum atomic E-state index is 12.5. The fourth-order valence-electron chi connectivity index (χ4n) is 4.03. The molecule has 1 atom stereocenters. The van der Waals surface area contributed by atoms with Gasteiger partial charge in [0.05, 0.1) is 11.9 Å². The summed E-state index contributed by atoms with van der Waals surface area (Å²) in [5, 5.41) is 7.50. The number of aromatic nitrogens is 3. The minimum atomic E-state index is -0.0701. The van der Waals surface area contributed by atoms with E-state index in [2.05, 4.69) is 25.6 Å². The molecule has 34 heavy (non-hydrogen) atoms. The number of hydrogen-bond acceptors (Lipinski definition) is 6. The van der Waals surface area contributed by atoms with Crippen molar-refractivity contribution in [3.05, 3.63) is 66.5 Å². The van der Waals surface area contributed by atoms with Crippen LogP contribution in [0.25, 0.3) is 22.2 Å². The van der Waals surface area contributed by atoms with Crippen molar-refractivity contribution in [2.75, 3.05) is 25.4 Å². The maximum Gasteiger partial charge on any atom is 0.263 e. The van der Waals surface area contributed by atoms with E-state index in [-0.39, 0.29) is 30.0 Å². The van der Waals surface area contributed by atoms with Crippen molar-refractivity contribution in [3.8, 4) is 22.9 Å². The van der Waals surface area contributed by atoms with Crippen LogP contribution in [0, 0.1) is 5.92 Å². The summed E-state index contributed by atoms with van der Waals surface area (Å²) in [6.07, 6.45) is 5.78. The molecular weight excluding hydrogens is 452 g/mol. The van der Waals surface area contributed by atoms with Crippen molar-refractivity contribution < 1.29 is 9.53 Å². The standard InChI is InChI=1S/C25H26N6O2.ClH/c26-23-25(33-20-8-7-18-9-11-28-21(18)12-20)31-22(15-29-23)17-3-5-19(6-4-17)24(32)30-14-16-2-1-10-27-13-16;/h3-9,11-12,15-16,27-28H,1-2,10,13-14H2,(H2,26,29)(H,30,32);1H. The molecule has 0 radical (unpaired) electrons. The molecule has 1 fully saturated rings. The minimum absolute atomic E-state index is 0. The van der Waals surface area contributed by atoms with Crippen LogP contribution < -0.4 is 21.1 Å². The normalized spacial score (nSPS) is 15.5. The van der Waals surface area contributed by atoms with E-state index in [4.69, 9.17) is 10.5 Å². The number of benzene rings is 2. The zero-order valence-corrected chi connectivity index (χ0v) is 19.4. The van der Waals surface area contributed by atoms with E-state index in [0.717, 1.165) is 42.4 Å². The Hall–Kier alpha value is -3.62. The van der Waals surface area contributed by atoms with Gasteiger partial charge in [0.15, 0.2) is 5.82 Å². The number of nitrogen functional groups attached to an aromatic ring is 1. The summed E-state index contributed by atoms with van der Waals surface area (Å²) in [7, 11) is 0. The molecule has 2 aromatic carbocycles. The van der Waals surface area contributed by atoms with Crippen LogP contribution in [0.4, 0.5) is 5.82 Å². The lowest BCUT2D eigenvalue weighted by molar-refractivity contribution is 0.0945. The first-order chi connectivity index (χ1) is 16.2. The lowest BCUT2D eigenvalue weighted by Crippen LogP contribution is -2.38. The number of nitrogens with zero attached hydrogens (tertiary/aromatic N) is 2. The average Bonchev–Trinajstić information content (AvgIpc) is 3.33. The van der Waals surface area contributed by atoms with Crippen molar-refractivity contribution in [1.82, 2.24) is 25.6 Å². The first-order valence-corrected chi connectivity index (χ1v) is 11.1. The SMILES string of the molecule is Cl.Nc1ncc(-c2ccc(C(=O)NCC3CCCNC3)cc2)nc1Oc1ccc2cc[nH]c2c1. The van der Waals surface area contributed by atoms with Gasteiger partial charge in [-0.1, -0.05) is 12.1 Å². The molecule has 3 heterocycles. The number of carbonyl (C=O) groups excluding carboxylic acids is 1. The summed E-state index contributed by atoms with van der Waals surface area (Å²) in [5.74, 6) is 1.48. The van der Waals surface area contributed by atoms with E-state index in [1.807, 2.05) is 42.6 Å². The molecule has 0 bridgehead atoms. The highest BCUT2D eigenvalue weighted by molar-refractivity contribution is 5.94. The van der Waals surface area contributed by atoms with Crippen molar-refractivity contribution in [2.24, 2.45) is 5.92 Å². The molecule has 176 valence electrons. The lowest BCUT2D eigenvalue weighted by Gasteiger charge is -2.22. The second-order valence-corrected chi connectivity index (χ2v) is 8.27. The number of nitrogens with one attached hydrogen (secondary N) is 3. The summed E-state index contributed by atoms with van der Waals surface area (Å²) in [4.78, 5) is 24.5. The Balaban J connectivity index is 0.00000274. The van der Waals surface area contributed by atoms with Gasteiger partial charge in [-0.25, -0.2) is 9.97 Å². The average molecular weight is 479 g/mol. The number of rotatable bonds is 6. The molecule has 1 amide bonds. The number of hydrogen-bond donors (Lipinski definition) is 4. The zero-order valence-electron chi connectivity index (χ0n) is 18.6. The van der Waals surface area contributed by atoms with Gasteiger partial charge in [0.25, 0.3) is 11.8 Å². The topological polar surface area (TPSA) is 118 Å². The molecule has 0 spiro atoms. The number of amides is 1. The first kappa shape index (κ1) is 23.5. The monoisotopic (exact) mass is 478 g/mol. The van der Waals surface area contributed by atoms with E-state index in [0.29, 0.717) is 29.5 Å². The second-order valence-electron chi connectivity index (χ2n) is 8.27. The summed E-state index contributed by atoms with van der Waals surface area (Å²) >= 11 is 0. The third-order valence-corrected chi connectivity index (χ3v) is 5.90. The van der Waals surface area contributed by atoms with E-state index in [1.54, 1.807) is 18.3 Å². The highest BCUT2D eigenvalue weighted by Crippen LogP contribution is 2.29. The Morgan fingerprint density at radius 2 is 2.03 bits per heavy atom. The Kier molecular flexibility index (Phi) is 7.30. The van der Waals surface area contributed by atoms with E-state index in [1.165, 1.54) is 0 Å². The molecule has 8 nitrogen and oxygen atoms in total. The summed E-state index contributed by atoms with van der Waals surface area (Å²) < 4.78 is 5.91. The Labute approximate surface area is 203 Å². The Morgan fingerprint density at radius 1 is 1.18 bits per heavy atom. The molecule has 4 aromatic rings. The van der Waals surface area contributed by atoms with E-state index < -0.39 is 0 Å². The molecule has 1 aliphatic heterocycles. The van der Waals surface area contributed by atoms with Gasteiger partial charge in [0.1, 0.15) is 5.75 Å². The van der Waals surface area contributed by atoms with E-state index >= 15 is 0 Å². The molecule has 1 aliphatic rings. The molecule has 5 rings (SSSR count). The number of aromatic amines is 1. The van der Waals surface area contributed by atoms with Gasteiger partial charge >= 0.3 is 0 Å². The Bertz CT molecular complexity index is 1270. The predicted octanol–water partition coefficient (Wildman–Crippen LogP) is 4.15. The van der Waals surface area contributed by atoms with Crippen molar-refractivity contribution in [3.63, 3.8) is 0 Å². The molecular formula is C25H27ClN6O2. The van der Waals surface area contributed by atoms with Gasteiger partial charge < -0.3 is 26.1 Å². The van der Waals surface area contributed by atoms with Crippen LogP contribution in [-0.2, 0) is 0 Å². The largest absolute Gasteiger partial charge is 0.436 e. The highest BCUT2D eigenvalue weighted by atomic mass is 35.5. The van der Waals surface area contributed by atoms with Crippen molar-refractivity contribution in [1.29, 1.82) is 0 Å². The number of fused-ring (bicyclic) bond motifs is 1. The predicted molar refractivity (Wildman–Crippen MR) is 135 cm³/mol. The van der Waals surface area contributed by atoms with Gasteiger partial charge in [-0.15, -0.1) is 12.4 Å². The molecule has 0 saturated carbocycles. The van der Waals surface area contributed by atoms with Crippen LogP contribution in [-0.4, -0.2) is 40.5 Å². The Morgan fingerprint density at radius 3 is 2.82 bits per heavy atom. The van der Waals surface area contributed by atoms with E-state index in [9.17, 15) is 4.79 Å². The summed E-state index contributed by atoms with van der Waals surface area (Å²) in [6, 6.07) is 15.0. The van der Waals surface area contributed by atoms with Crippen LogP contribution >= 0.6 is 12.4 Å². The number of nitrogens with two attached hydrogens (primary N) is 1. The third-order valence-electron chi connectivity index (χ3n) is 5.90. The fraction of sp³-hybridized carbons (Fsp3) is 0.240. The molecule has 1 saturated heterocycles. The van der Waals surface area contributed by atoms with Gasteiger partial charge in [-0.3, -0.25) is 4.79 Å². The quantitative estimate of drug-likeness (QED) is 0.330. The second kappa shape index (κ2) is 10.5. The van der Waals surface area contributed by atoms with Crippen molar-refractivity contribution in [2.45, 2.75) is 12.8 Å². The van der Waals surface area contributed by atoms with Gasteiger partial charge in [0, 0.05) is 35.5 Å². The van der Waals surface area contributed by atoms with Gasteiger partial charge in [-0.05, 0) is 67.6 Å². The van der Waals surface area contributed by atoms with Crippen LogP contribution in [0.15, 0.2) is 60.9 Å². The number of H-pyrrole nitrogens is 1. The first-order valence-electron chi connectivity index (χ1n) is 11.1. The van der Waals surface area contributed by atoms with Crippen molar-refractivity contribution >= 4 is 35.0 Å². The molecule has 9 heteroatoms. The summed E-state index contributed by atoms with van der Waals surface area (Å²) in [5.41, 5.74) is 9.01. The molecule has 0 aliphatic carbocycles. The number of carbonyl (C=O) groups is 1. The van der Waals surface area contributed by atoms with Crippen LogP contribution in [0.5, 0.6) is 11.6 Å². The number of halogens is 1. The molecule has 5 N–H and O–H groups in total. The summed E-state index contributed by atoms with van der Waals surface area (Å²) in [6.45, 7) is 2.71. The number of anilines is 1. The van der Waals surface area contributed by atoms with Crippen LogP contribution in [0.2, 0.25) is 0 Å². The zero-order chi connectivity index (χ0) is 22.6. The van der Waals surface area contributed by atoms with Gasteiger partial charge in [0.2, 0.25) is 0 Å². The van der Waals surface area contributed by atoms with Crippen LogP contribution in [0.3, 0.4) is 0 Å². The smallest absolute Gasteiger partial charge is 0.263 e. The minimum Gasteiger partial charge on any atom is -0.436 e. The number of ether oxygens (including phenoxy) is 1. The molecule has 2 aromatic heterocycles. The fourth-order valence-corrected chi connectivity index (χ4v) is 4.03. The maximum absolute atomic E-state index is 12.5. The lowest BCUT2D eigenvalue weighted by atomic mass is 9.99. The van der Waals surface area contributed by atoms with Gasteiger partial charge in [-0.2, -0.15) is 0 Å². The third kappa shape index (κ3) is 5.30. The highest BCUT2D eigenvalue weighted by Gasteiger charge is 2.15. The molecule has 1 unspecified atom stereocenters.